The molecule has 0 saturated carbocycles. The number of hydrogen-bond acceptors (Lipinski definition) is 6. The molecular weight excluding hydrogens is 288 g/mol. The van der Waals surface area contributed by atoms with Crippen molar-refractivity contribution >= 4 is 0 Å². The fourth-order valence-corrected chi connectivity index (χ4v) is 2.61. The SMILES string of the molecule is CCCCCCCCCCOC[C@H]1OC(O)[C@H](O)[C@H](O)[C@@H]1O. The van der Waals surface area contributed by atoms with Crippen LogP contribution in [0.2, 0.25) is 0 Å². The molecule has 6 heteroatoms. The van der Waals surface area contributed by atoms with Crippen LogP contribution in [0.1, 0.15) is 58.3 Å². The van der Waals surface area contributed by atoms with Gasteiger partial charge in [-0.1, -0.05) is 51.9 Å². The molecule has 0 radical (unpaired) electrons. The summed E-state index contributed by atoms with van der Waals surface area (Å²) < 4.78 is 10.5. The summed E-state index contributed by atoms with van der Waals surface area (Å²) >= 11 is 0. The van der Waals surface area contributed by atoms with Gasteiger partial charge < -0.3 is 29.9 Å². The van der Waals surface area contributed by atoms with Crippen LogP contribution in [0.4, 0.5) is 0 Å². The highest BCUT2D eigenvalue weighted by Crippen LogP contribution is 2.20. The van der Waals surface area contributed by atoms with Crippen LogP contribution < -0.4 is 0 Å². The summed E-state index contributed by atoms with van der Waals surface area (Å²) in [4.78, 5) is 0. The predicted octanol–water partition coefficient (Wildman–Crippen LogP) is 0.944. The first-order chi connectivity index (χ1) is 10.6. The van der Waals surface area contributed by atoms with Gasteiger partial charge in [-0.05, 0) is 6.42 Å². The first-order valence-corrected chi connectivity index (χ1v) is 8.53. The minimum absolute atomic E-state index is 0.0957. The second-order valence-corrected chi connectivity index (χ2v) is 6.09. The maximum atomic E-state index is 9.74. The van der Waals surface area contributed by atoms with Crippen LogP contribution in [0.5, 0.6) is 0 Å². The highest BCUT2D eigenvalue weighted by molar-refractivity contribution is 4.88. The van der Waals surface area contributed by atoms with Gasteiger partial charge in [-0.3, -0.25) is 0 Å². The van der Waals surface area contributed by atoms with E-state index in [1.54, 1.807) is 0 Å². The minimum Gasteiger partial charge on any atom is -0.387 e. The van der Waals surface area contributed by atoms with Crippen LogP contribution >= 0.6 is 0 Å². The van der Waals surface area contributed by atoms with Crippen LogP contribution in [-0.4, -0.2) is 64.3 Å². The summed E-state index contributed by atoms with van der Waals surface area (Å²) in [7, 11) is 0. The Morgan fingerprint density at radius 1 is 0.773 bits per heavy atom. The quantitative estimate of drug-likeness (QED) is 0.423. The molecule has 5 atom stereocenters. The fraction of sp³-hybridized carbons (Fsp3) is 1.00. The maximum absolute atomic E-state index is 9.74. The average molecular weight is 320 g/mol. The second-order valence-electron chi connectivity index (χ2n) is 6.09. The molecule has 1 aliphatic heterocycles. The topological polar surface area (TPSA) is 99.4 Å². The Bertz CT molecular complexity index is 275. The van der Waals surface area contributed by atoms with Crippen molar-refractivity contribution in [2.24, 2.45) is 0 Å². The van der Waals surface area contributed by atoms with E-state index in [9.17, 15) is 20.4 Å². The normalized spacial score (nSPS) is 32.3. The monoisotopic (exact) mass is 320 g/mol. The van der Waals surface area contributed by atoms with Gasteiger partial charge in [0.15, 0.2) is 6.29 Å². The van der Waals surface area contributed by atoms with Crippen LogP contribution in [0, 0.1) is 0 Å². The standard InChI is InChI=1S/C16H32O6/c1-2-3-4-5-6-7-8-9-10-21-11-12-13(17)14(18)15(19)16(20)22-12/h12-20H,2-11H2,1H3/t12-,13-,14-,15-,16?/m1/s1. The molecule has 0 amide bonds. The Morgan fingerprint density at radius 2 is 1.36 bits per heavy atom. The molecule has 6 nitrogen and oxygen atoms in total. The number of unbranched alkanes of at least 4 members (excludes halogenated alkanes) is 7. The highest BCUT2D eigenvalue weighted by atomic mass is 16.6. The molecule has 1 saturated heterocycles. The lowest BCUT2D eigenvalue weighted by atomic mass is 9.99. The van der Waals surface area contributed by atoms with E-state index in [1.807, 2.05) is 0 Å². The van der Waals surface area contributed by atoms with Gasteiger partial charge in [-0.25, -0.2) is 0 Å². The largest absolute Gasteiger partial charge is 0.387 e. The molecule has 0 aromatic carbocycles. The van der Waals surface area contributed by atoms with Gasteiger partial charge in [0.05, 0.1) is 6.61 Å². The molecule has 0 aromatic rings. The van der Waals surface area contributed by atoms with Crippen LogP contribution in [-0.2, 0) is 9.47 Å². The van der Waals surface area contributed by atoms with Crippen LogP contribution in [0.15, 0.2) is 0 Å². The summed E-state index contributed by atoms with van der Waals surface area (Å²) in [6, 6.07) is 0. The third-order valence-corrected chi connectivity index (χ3v) is 4.11. The van der Waals surface area contributed by atoms with Gasteiger partial charge in [0, 0.05) is 6.61 Å². The van der Waals surface area contributed by atoms with Crippen molar-refractivity contribution < 1.29 is 29.9 Å². The van der Waals surface area contributed by atoms with Crippen molar-refractivity contribution in [3.63, 3.8) is 0 Å². The Hall–Kier alpha value is -0.240. The third kappa shape index (κ3) is 6.89. The number of rotatable bonds is 11. The van der Waals surface area contributed by atoms with E-state index in [0.29, 0.717) is 6.61 Å². The number of ether oxygens (including phenoxy) is 2. The fourth-order valence-electron chi connectivity index (χ4n) is 2.61. The summed E-state index contributed by atoms with van der Waals surface area (Å²) in [6.07, 6.45) is 3.28. The van der Waals surface area contributed by atoms with E-state index < -0.39 is 30.7 Å². The molecule has 22 heavy (non-hydrogen) atoms. The van der Waals surface area contributed by atoms with Gasteiger partial charge in [-0.2, -0.15) is 0 Å². The van der Waals surface area contributed by atoms with E-state index in [2.05, 4.69) is 6.92 Å². The number of hydrogen-bond donors (Lipinski definition) is 4. The molecule has 0 bridgehead atoms. The lowest BCUT2D eigenvalue weighted by Gasteiger charge is -2.38. The molecule has 1 rings (SSSR count). The summed E-state index contributed by atoms with van der Waals surface area (Å²) in [5, 5.41) is 38.0. The van der Waals surface area contributed by atoms with Gasteiger partial charge >= 0.3 is 0 Å². The molecule has 1 unspecified atom stereocenters. The Labute approximate surface area is 133 Å². The zero-order chi connectivity index (χ0) is 16.4. The smallest absolute Gasteiger partial charge is 0.184 e. The molecule has 1 heterocycles. The van der Waals surface area contributed by atoms with Crippen molar-refractivity contribution in [2.75, 3.05) is 13.2 Å². The van der Waals surface area contributed by atoms with Crippen molar-refractivity contribution in [3.8, 4) is 0 Å². The van der Waals surface area contributed by atoms with E-state index in [-0.39, 0.29) is 6.61 Å². The van der Waals surface area contributed by atoms with E-state index >= 15 is 0 Å². The maximum Gasteiger partial charge on any atom is 0.184 e. The average Bonchev–Trinajstić information content (AvgIpc) is 2.51. The second kappa shape index (κ2) is 11.3. The van der Waals surface area contributed by atoms with Gasteiger partial charge in [-0.15, -0.1) is 0 Å². The lowest BCUT2D eigenvalue weighted by Crippen LogP contribution is -2.58. The number of aliphatic hydroxyl groups is 4. The summed E-state index contributed by atoms with van der Waals surface area (Å²) in [5.74, 6) is 0. The molecule has 4 N–H and O–H groups in total. The highest BCUT2D eigenvalue weighted by Gasteiger charge is 2.42. The Morgan fingerprint density at radius 3 is 2.00 bits per heavy atom. The molecular formula is C16H32O6. The molecule has 0 spiro atoms. The first-order valence-electron chi connectivity index (χ1n) is 8.53. The van der Waals surface area contributed by atoms with Crippen molar-refractivity contribution in [2.45, 2.75) is 89.0 Å². The molecule has 0 aliphatic carbocycles. The Kier molecular flexibility index (Phi) is 10.2. The lowest BCUT2D eigenvalue weighted by molar-refractivity contribution is -0.288. The van der Waals surface area contributed by atoms with Crippen molar-refractivity contribution in [1.29, 1.82) is 0 Å². The van der Waals surface area contributed by atoms with Crippen LogP contribution in [0.3, 0.4) is 0 Å². The first kappa shape index (κ1) is 19.8. The van der Waals surface area contributed by atoms with Gasteiger partial charge in [0.2, 0.25) is 0 Å². The van der Waals surface area contributed by atoms with E-state index in [1.165, 1.54) is 38.5 Å². The molecule has 0 aromatic heterocycles. The molecule has 132 valence electrons. The summed E-state index contributed by atoms with van der Waals surface area (Å²) in [5.41, 5.74) is 0. The van der Waals surface area contributed by atoms with Crippen LogP contribution in [0.25, 0.3) is 0 Å². The zero-order valence-electron chi connectivity index (χ0n) is 13.6. The van der Waals surface area contributed by atoms with Crippen molar-refractivity contribution in [3.05, 3.63) is 0 Å². The molecule has 1 fully saturated rings. The minimum atomic E-state index is -1.49. The van der Waals surface area contributed by atoms with E-state index in [0.717, 1.165) is 12.8 Å². The summed E-state index contributed by atoms with van der Waals surface area (Å²) in [6.45, 7) is 2.87. The molecule has 1 aliphatic rings. The van der Waals surface area contributed by atoms with Gasteiger partial charge in [0.1, 0.15) is 24.4 Å². The van der Waals surface area contributed by atoms with Crippen molar-refractivity contribution in [1.82, 2.24) is 0 Å². The third-order valence-electron chi connectivity index (χ3n) is 4.11. The predicted molar refractivity (Wildman–Crippen MR) is 82.3 cm³/mol. The van der Waals surface area contributed by atoms with E-state index in [4.69, 9.17) is 9.47 Å². The Balaban J connectivity index is 2.00. The zero-order valence-corrected chi connectivity index (χ0v) is 13.6. The van der Waals surface area contributed by atoms with Gasteiger partial charge in [0.25, 0.3) is 0 Å². The number of aliphatic hydroxyl groups excluding tert-OH is 4.